The fourth-order valence-electron chi connectivity index (χ4n) is 3.78. The van der Waals surface area contributed by atoms with Crippen LogP contribution < -0.4 is 25.0 Å². The van der Waals surface area contributed by atoms with E-state index in [1.165, 1.54) is 6.07 Å². The molecule has 2 aromatic rings. The monoisotopic (exact) mass is 465 g/mol. The number of anilines is 2. The standard InChI is InChI=1S/C23H26F3N3O4/c1-22(2,15-4-6-19-20(12-15)33-14-32-19)27-13-21(30)28-17-11-16(23(24,25)26)3-5-18(17)29-7-9-31-10-8-29/h3-6,11-12,27H,7-10,13-14H2,1-2H3,(H,28,30). The maximum absolute atomic E-state index is 13.3. The van der Waals surface area contributed by atoms with Gasteiger partial charge in [0.1, 0.15) is 0 Å². The number of rotatable bonds is 6. The van der Waals surface area contributed by atoms with Crippen molar-refractivity contribution in [2.45, 2.75) is 25.6 Å². The summed E-state index contributed by atoms with van der Waals surface area (Å²) in [7, 11) is 0. The first-order chi connectivity index (χ1) is 15.6. The number of amides is 1. The minimum atomic E-state index is -4.51. The lowest BCUT2D eigenvalue weighted by Crippen LogP contribution is -2.42. The first-order valence-electron chi connectivity index (χ1n) is 10.6. The molecule has 2 heterocycles. The van der Waals surface area contributed by atoms with Gasteiger partial charge in [0.25, 0.3) is 0 Å². The summed E-state index contributed by atoms with van der Waals surface area (Å²) in [5, 5.41) is 5.82. The molecule has 33 heavy (non-hydrogen) atoms. The van der Waals surface area contributed by atoms with E-state index in [1.807, 2.05) is 30.9 Å². The van der Waals surface area contributed by atoms with Crippen LogP contribution in [0.1, 0.15) is 25.0 Å². The summed E-state index contributed by atoms with van der Waals surface area (Å²) in [6.45, 7) is 5.88. The fourth-order valence-corrected chi connectivity index (χ4v) is 3.78. The van der Waals surface area contributed by atoms with Crippen molar-refractivity contribution >= 4 is 17.3 Å². The molecule has 2 aliphatic heterocycles. The molecule has 178 valence electrons. The predicted octanol–water partition coefficient (Wildman–Crippen LogP) is 3.73. The second-order valence-corrected chi connectivity index (χ2v) is 8.42. The molecule has 0 unspecified atom stereocenters. The van der Waals surface area contributed by atoms with E-state index in [0.29, 0.717) is 43.5 Å². The Morgan fingerprint density at radius 1 is 1.00 bits per heavy atom. The van der Waals surface area contributed by atoms with Crippen LogP contribution in [-0.4, -0.2) is 45.5 Å². The average molecular weight is 465 g/mol. The number of nitrogens with zero attached hydrogens (tertiary/aromatic N) is 1. The van der Waals surface area contributed by atoms with Gasteiger partial charge in [-0.1, -0.05) is 6.07 Å². The third-order valence-corrected chi connectivity index (χ3v) is 5.73. The second-order valence-electron chi connectivity index (χ2n) is 8.42. The van der Waals surface area contributed by atoms with E-state index >= 15 is 0 Å². The van der Waals surface area contributed by atoms with Crippen molar-refractivity contribution in [2.24, 2.45) is 0 Å². The topological polar surface area (TPSA) is 72.1 Å². The van der Waals surface area contributed by atoms with Crippen LogP contribution in [0.5, 0.6) is 11.5 Å². The molecule has 2 aliphatic rings. The average Bonchev–Trinajstić information content (AvgIpc) is 3.26. The normalized spacial score (nSPS) is 16.1. The molecular formula is C23H26F3N3O4. The van der Waals surface area contributed by atoms with Crippen molar-refractivity contribution in [3.8, 4) is 11.5 Å². The van der Waals surface area contributed by atoms with Crippen LogP contribution in [0.2, 0.25) is 0 Å². The van der Waals surface area contributed by atoms with Crippen molar-refractivity contribution < 1.29 is 32.2 Å². The number of fused-ring (bicyclic) bond motifs is 1. The third-order valence-electron chi connectivity index (χ3n) is 5.73. The molecule has 2 aromatic carbocycles. The molecule has 1 saturated heterocycles. The van der Waals surface area contributed by atoms with Crippen molar-refractivity contribution in [1.82, 2.24) is 5.32 Å². The fraction of sp³-hybridized carbons (Fsp3) is 0.435. The van der Waals surface area contributed by atoms with E-state index < -0.39 is 23.2 Å². The van der Waals surface area contributed by atoms with Crippen LogP contribution in [0.3, 0.4) is 0 Å². The SMILES string of the molecule is CC(C)(NCC(=O)Nc1cc(C(F)(F)F)ccc1N1CCOCC1)c1ccc2c(c1)OCO2. The van der Waals surface area contributed by atoms with Crippen molar-refractivity contribution in [2.75, 3.05) is 49.9 Å². The van der Waals surface area contributed by atoms with Gasteiger partial charge in [-0.3, -0.25) is 10.1 Å². The molecule has 0 aliphatic carbocycles. The lowest BCUT2D eigenvalue weighted by Gasteiger charge is -2.31. The highest BCUT2D eigenvalue weighted by atomic mass is 19.4. The summed E-state index contributed by atoms with van der Waals surface area (Å²) in [5.74, 6) is 0.844. The molecule has 10 heteroatoms. The summed E-state index contributed by atoms with van der Waals surface area (Å²) in [4.78, 5) is 14.6. The highest BCUT2D eigenvalue weighted by Gasteiger charge is 2.32. The lowest BCUT2D eigenvalue weighted by molar-refractivity contribution is -0.137. The maximum atomic E-state index is 13.3. The number of benzene rings is 2. The smallest absolute Gasteiger partial charge is 0.416 e. The molecule has 0 bridgehead atoms. The second kappa shape index (κ2) is 9.11. The van der Waals surface area contributed by atoms with Gasteiger partial charge in [-0.05, 0) is 49.7 Å². The number of hydrogen-bond donors (Lipinski definition) is 2. The Kier molecular flexibility index (Phi) is 6.40. The quantitative estimate of drug-likeness (QED) is 0.678. The van der Waals surface area contributed by atoms with Crippen LogP contribution in [-0.2, 0) is 21.2 Å². The van der Waals surface area contributed by atoms with Gasteiger partial charge in [0.2, 0.25) is 12.7 Å². The summed E-state index contributed by atoms with van der Waals surface area (Å²) in [6.07, 6.45) is -4.51. The maximum Gasteiger partial charge on any atom is 0.416 e. The van der Waals surface area contributed by atoms with Crippen LogP contribution in [0, 0.1) is 0 Å². The van der Waals surface area contributed by atoms with Gasteiger partial charge in [-0.2, -0.15) is 13.2 Å². The van der Waals surface area contributed by atoms with Gasteiger partial charge < -0.3 is 24.4 Å². The number of hydrogen-bond acceptors (Lipinski definition) is 6. The molecule has 7 nitrogen and oxygen atoms in total. The van der Waals surface area contributed by atoms with Gasteiger partial charge in [0, 0.05) is 18.6 Å². The van der Waals surface area contributed by atoms with E-state index in [4.69, 9.17) is 14.2 Å². The van der Waals surface area contributed by atoms with Crippen LogP contribution in [0.15, 0.2) is 36.4 Å². The van der Waals surface area contributed by atoms with Gasteiger partial charge >= 0.3 is 6.18 Å². The van der Waals surface area contributed by atoms with E-state index in [9.17, 15) is 18.0 Å². The van der Waals surface area contributed by atoms with Crippen LogP contribution >= 0.6 is 0 Å². The first kappa shape index (κ1) is 23.2. The number of nitrogens with one attached hydrogen (secondary N) is 2. The lowest BCUT2D eigenvalue weighted by atomic mass is 9.94. The zero-order valence-electron chi connectivity index (χ0n) is 18.4. The minimum Gasteiger partial charge on any atom is -0.454 e. The first-order valence-corrected chi connectivity index (χ1v) is 10.6. The molecule has 0 spiro atoms. The Labute approximate surface area is 189 Å². The Morgan fingerprint density at radius 2 is 1.70 bits per heavy atom. The highest BCUT2D eigenvalue weighted by Crippen LogP contribution is 2.37. The molecule has 4 rings (SSSR count). The molecule has 1 fully saturated rings. The predicted molar refractivity (Wildman–Crippen MR) is 117 cm³/mol. The molecule has 0 radical (unpaired) electrons. The summed E-state index contributed by atoms with van der Waals surface area (Å²) in [5.41, 5.74) is 0.129. The largest absolute Gasteiger partial charge is 0.454 e. The van der Waals surface area contributed by atoms with Gasteiger partial charge in [0.05, 0.1) is 36.7 Å². The molecule has 1 amide bonds. The van der Waals surface area contributed by atoms with Crippen LogP contribution in [0.4, 0.5) is 24.5 Å². The zero-order chi connectivity index (χ0) is 23.6. The third kappa shape index (κ3) is 5.33. The Balaban J connectivity index is 1.47. The number of morpholine rings is 1. The molecule has 0 atom stereocenters. The van der Waals surface area contributed by atoms with Crippen molar-refractivity contribution in [3.63, 3.8) is 0 Å². The molecular weight excluding hydrogens is 439 g/mol. The number of ether oxygens (including phenoxy) is 3. The van der Waals surface area contributed by atoms with E-state index in [2.05, 4.69) is 10.6 Å². The van der Waals surface area contributed by atoms with Crippen molar-refractivity contribution in [1.29, 1.82) is 0 Å². The summed E-state index contributed by atoms with van der Waals surface area (Å²) >= 11 is 0. The number of carbonyl (C=O) groups is 1. The highest BCUT2D eigenvalue weighted by molar-refractivity contribution is 5.96. The number of alkyl halides is 3. The summed E-state index contributed by atoms with van der Waals surface area (Å²) in [6, 6.07) is 8.93. The van der Waals surface area contributed by atoms with E-state index in [1.54, 1.807) is 6.07 Å². The summed E-state index contributed by atoms with van der Waals surface area (Å²) < 4.78 is 55.9. The Morgan fingerprint density at radius 3 is 2.42 bits per heavy atom. The van der Waals surface area contributed by atoms with Gasteiger partial charge in [0.15, 0.2) is 11.5 Å². The van der Waals surface area contributed by atoms with Gasteiger partial charge in [-0.25, -0.2) is 0 Å². The minimum absolute atomic E-state index is 0.0970. The Hall–Kier alpha value is -2.98. The number of halogens is 3. The van der Waals surface area contributed by atoms with E-state index in [0.717, 1.165) is 17.7 Å². The molecule has 2 N–H and O–H groups in total. The van der Waals surface area contributed by atoms with E-state index in [-0.39, 0.29) is 19.0 Å². The molecule has 0 aromatic heterocycles. The Bertz CT molecular complexity index is 1020. The zero-order valence-corrected chi connectivity index (χ0v) is 18.4. The van der Waals surface area contributed by atoms with Crippen LogP contribution in [0.25, 0.3) is 0 Å². The van der Waals surface area contributed by atoms with Crippen molar-refractivity contribution in [3.05, 3.63) is 47.5 Å². The van der Waals surface area contributed by atoms with Gasteiger partial charge in [-0.15, -0.1) is 0 Å². The molecule has 0 saturated carbocycles. The number of carbonyl (C=O) groups excluding carboxylic acids is 1.